The lowest BCUT2D eigenvalue weighted by Gasteiger charge is -2.04. The third-order valence-electron chi connectivity index (χ3n) is 2.55. The molecule has 92 valence electrons. The van der Waals surface area contributed by atoms with Crippen LogP contribution in [0.4, 0.5) is 0 Å². The van der Waals surface area contributed by atoms with Gasteiger partial charge in [-0.3, -0.25) is 4.68 Å². The van der Waals surface area contributed by atoms with Crippen molar-refractivity contribution in [3.8, 4) is 0 Å². The highest BCUT2D eigenvalue weighted by molar-refractivity contribution is 7.91. The van der Waals surface area contributed by atoms with Crippen molar-refractivity contribution in [3.05, 3.63) is 35.0 Å². The number of rotatable bonds is 4. The van der Waals surface area contributed by atoms with Crippen molar-refractivity contribution >= 4 is 21.4 Å². The minimum atomic E-state index is -3.39. The molecule has 0 amide bonds. The van der Waals surface area contributed by atoms with Gasteiger partial charge in [-0.1, -0.05) is 6.07 Å². The molecule has 2 aromatic heterocycles. The van der Waals surface area contributed by atoms with Gasteiger partial charge in [-0.2, -0.15) is 5.10 Å². The van der Waals surface area contributed by atoms with Gasteiger partial charge in [-0.25, -0.2) is 13.1 Å². The molecule has 0 radical (unpaired) electrons. The van der Waals surface area contributed by atoms with E-state index >= 15 is 0 Å². The third kappa shape index (κ3) is 2.56. The molecule has 0 aromatic carbocycles. The van der Waals surface area contributed by atoms with E-state index in [4.69, 9.17) is 0 Å². The first-order valence-corrected chi connectivity index (χ1v) is 7.37. The third-order valence-corrected chi connectivity index (χ3v) is 5.35. The molecule has 0 aliphatic carbocycles. The van der Waals surface area contributed by atoms with Crippen LogP contribution in [0.3, 0.4) is 0 Å². The van der Waals surface area contributed by atoms with Gasteiger partial charge in [0.1, 0.15) is 4.21 Å². The Morgan fingerprint density at radius 2 is 2.29 bits per heavy atom. The molecule has 7 heteroatoms. The highest BCUT2D eigenvalue weighted by Crippen LogP contribution is 2.16. The zero-order valence-corrected chi connectivity index (χ0v) is 11.2. The summed E-state index contributed by atoms with van der Waals surface area (Å²) in [5.41, 5.74) is 1.84. The van der Waals surface area contributed by atoms with Crippen LogP contribution in [0.2, 0.25) is 0 Å². The first-order valence-electron chi connectivity index (χ1n) is 5.01. The highest BCUT2D eigenvalue weighted by atomic mass is 32.2. The Hall–Kier alpha value is -1.18. The van der Waals surface area contributed by atoms with E-state index in [1.807, 2.05) is 14.0 Å². The summed E-state index contributed by atoms with van der Waals surface area (Å²) in [7, 11) is -1.57. The number of sulfonamides is 1. The molecule has 0 aliphatic heterocycles. The fourth-order valence-corrected chi connectivity index (χ4v) is 3.42. The second kappa shape index (κ2) is 4.59. The maximum Gasteiger partial charge on any atom is 0.250 e. The number of nitrogens with zero attached hydrogens (tertiary/aromatic N) is 2. The van der Waals surface area contributed by atoms with Gasteiger partial charge < -0.3 is 0 Å². The standard InChI is InChI=1S/C10H13N3O2S2/c1-8-9(6-11-13(8)2)7-12-17(14,15)10-4-3-5-16-10/h3-6,12H,7H2,1-2H3. The molecule has 0 saturated carbocycles. The smallest absolute Gasteiger partial charge is 0.250 e. The Bertz CT molecular complexity index is 600. The molecule has 17 heavy (non-hydrogen) atoms. The van der Waals surface area contributed by atoms with E-state index in [0.717, 1.165) is 11.3 Å². The average molecular weight is 271 g/mol. The molecule has 0 spiro atoms. The largest absolute Gasteiger partial charge is 0.273 e. The van der Waals surface area contributed by atoms with Gasteiger partial charge in [0.25, 0.3) is 0 Å². The lowest BCUT2D eigenvalue weighted by Crippen LogP contribution is -2.22. The minimum Gasteiger partial charge on any atom is -0.273 e. The Labute approximate surface area is 104 Å². The predicted octanol–water partition coefficient (Wildman–Crippen LogP) is 1.27. The summed E-state index contributed by atoms with van der Waals surface area (Å²) in [6, 6.07) is 3.30. The summed E-state index contributed by atoms with van der Waals surface area (Å²) in [6.07, 6.45) is 1.67. The molecule has 2 heterocycles. The van der Waals surface area contributed by atoms with E-state index in [2.05, 4.69) is 9.82 Å². The summed E-state index contributed by atoms with van der Waals surface area (Å²) in [5.74, 6) is 0. The summed E-state index contributed by atoms with van der Waals surface area (Å²) < 4.78 is 28.3. The highest BCUT2D eigenvalue weighted by Gasteiger charge is 2.15. The van der Waals surface area contributed by atoms with Crippen molar-refractivity contribution in [2.45, 2.75) is 17.7 Å². The maximum atomic E-state index is 11.9. The van der Waals surface area contributed by atoms with Crippen molar-refractivity contribution in [1.82, 2.24) is 14.5 Å². The van der Waals surface area contributed by atoms with E-state index in [1.165, 1.54) is 11.3 Å². The number of aryl methyl sites for hydroxylation is 1. The first-order chi connectivity index (χ1) is 8.00. The molecule has 2 rings (SSSR count). The van der Waals surface area contributed by atoms with Gasteiger partial charge in [0.05, 0.1) is 6.20 Å². The van der Waals surface area contributed by atoms with Crippen LogP contribution in [0.5, 0.6) is 0 Å². The number of hydrogen-bond donors (Lipinski definition) is 1. The van der Waals surface area contributed by atoms with Crippen LogP contribution in [0, 0.1) is 6.92 Å². The molecule has 0 atom stereocenters. The van der Waals surface area contributed by atoms with Crippen molar-refractivity contribution in [2.24, 2.45) is 7.05 Å². The molecule has 0 unspecified atom stereocenters. The minimum absolute atomic E-state index is 0.264. The lowest BCUT2D eigenvalue weighted by atomic mass is 10.3. The second-order valence-electron chi connectivity index (χ2n) is 3.64. The van der Waals surface area contributed by atoms with Crippen LogP contribution in [0.15, 0.2) is 27.9 Å². The summed E-state index contributed by atoms with van der Waals surface area (Å²) in [5, 5.41) is 5.80. The number of aromatic nitrogens is 2. The molecule has 5 nitrogen and oxygen atoms in total. The van der Waals surface area contributed by atoms with E-state index in [-0.39, 0.29) is 6.54 Å². The molecule has 0 saturated heterocycles. The van der Waals surface area contributed by atoms with Crippen LogP contribution in [-0.4, -0.2) is 18.2 Å². The molecule has 0 bridgehead atoms. The lowest BCUT2D eigenvalue weighted by molar-refractivity contribution is 0.583. The van der Waals surface area contributed by atoms with Gasteiger partial charge in [-0.05, 0) is 18.4 Å². The topological polar surface area (TPSA) is 64.0 Å². The van der Waals surface area contributed by atoms with E-state index in [9.17, 15) is 8.42 Å². The zero-order valence-electron chi connectivity index (χ0n) is 9.54. The molecular weight excluding hydrogens is 258 g/mol. The van der Waals surface area contributed by atoms with Crippen molar-refractivity contribution < 1.29 is 8.42 Å². The van der Waals surface area contributed by atoms with Gasteiger partial charge in [0, 0.05) is 24.8 Å². The summed E-state index contributed by atoms with van der Waals surface area (Å²) >= 11 is 1.20. The fraction of sp³-hybridized carbons (Fsp3) is 0.300. The second-order valence-corrected chi connectivity index (χ2v) is 6.58. The fourth-order valence-electron chi connectivity index (χ4n) is 1.38. The quantitative estimate of drug-likeness (QED) is 0.910. The summed E-state index contributed by atoms with van der Waals surface area (Å²) in [6.45, 7) is 2.17. The van der Waals surface area contributed by atoms with Crippen molar-refractivity contribution in [2.75, 3.05) is 0 Å². The zero-order chi connectivity index (χ0) is 12.5. The van der Waals surface area contributed by atoms with Gasteiger partial charge >= 0.3 is 0 Å². The molecule has 0 aliphatic rings. The number of nitrogens with one attached hydrogen (secondary N) is 1. The van der Waals surface area contributed by atoms with E-state index in [1.54, 1.807) is 28.4 Å². The van der Waals surface area contributed by atoms with E-state index in [0.29, 0.717) is 4.21 Å². The van der Waals surface area contributed by atoms with Crippen LogP contribution in [0.25, 0.3) is 0 Å². The van der Waals surface area contributed by atoms with E-state index < -0.39 is 10.0 Å². The number of hydrogen-bond acceptors (Lipinski definition) is 4. The molecule has 2 aromatic rings. The van der Waals surface area contributed by atoms with Gasteiger partial charge in [0.15, 0.2) is 0 Å². The first kappa shape index (κ1) is 12.3. The average Bonchev–Trinajstić information content (AvgIpc) is 2.90. The normalized spacial score (nSPS) is 11.9. The molecule has 0 fully saturated rings. The van der Waals surface area contributed by atoms with Gasteiger partial charge in [0.2, 0.25) is 10.0 Å². The molecule has 1 N–H and O–H groups in total. The van der Waals surface area contributed by atoms with Crippen LogP contribution in [0.1, 0.15) is 11.3 Å². The van der Waals surface area contributed by atoms with Gasteiger partial charge in [-0.15, -0.1) is 11.3 Å². The Kier molecular flexibility index (Phi) is 3.32. The van der Waals surface area contributed by atoms with Crippen LogP contribution >= 0.6 is 11.3 Å². The van der Waals surface area contributed by atoms with Crippen LogP contribution in [-0.2, 0) is 23.6 Å². The van der Waals surface area contributed by atoms with Crippen LogP contribution < -0.4 is 4.72 Å². The Balaban J connectivity index is 2.11. The number of thiophene rings is 1. The van der Waals surface area contributed by atoms with Crippen molar-refractivity contribution in [1.29, 1.82) is 0 Å². The van der Waals surface area contributed by atoms with Crippen molar-refractivity contribution in [3.63, 3.8) is 0 Å². The maximum absolute atomic E-state index is 11.9. The monoisotopic (exact) mass is 271 g/mol. The summed E-state index contributed by atoms with van der Waals surface area (Å²) in [4.78, 5) is 0. The Morgan fingerprint density at radius 1 is 1.53 bits per heavy atom. The predicted molar refractivity (Wildman–Crippen MR) is 66.3 cm³/mol. The molecular formula is C10H13N3O2S2. The SMILES string of the molecule is Cc1c(CNS(=O)(=O)c2cccs2)cnn1C. The Morgan fingerprint density at radius 3 is 2.82 bits per heavy atom.